The fourth-order valence-corrected chi connectivity index (χ4v) is 3.49. The van der Waals surface area contributed by atoms with E-state index in [-0.39, 0.29) is 4.75 Å². The Hall–Kier alpha value is -1.01. The van der Waals surface area contributed by atoms with Crippen molar-refractivity contribution in [1.82, 2.24) is 19.6 Å². The molecule has 0 amide bonds. The molecular formula is C11H14ClN5S. The minimum absolute atomic E-state index is 0.237. The van der Waals surface area contributed by atoms with Crippen molar-refractivity contribution in [2.24, 2.45) is 0 Å². The maximum atomic E-state index is 6.05. The van der Waals surface area contributed by atoms with E-state index >= 15 is 0 Å². The van der Waals surface area contributed by atoms with Crippen molar-refractivity contribution in [3.8, 4) is 0 Å². The van der Waals surface area contributed by atoms with Crippen LogP contribution < -0.4 is 4.90 Å². The largest absolute Gasteiger partial charge is 0.354 e. The van der Waals surface area contributed by atoms with E-state index in [1.54, 1.807) is 4.52 Å². The zero-order chi connectivity index (χ0) is 12.8. The zero-order valence-corrected chi connectivity index (χ0v) is 11.9. The summed E-state index contributed by atoms with van der Waals surface area (Å²) < 4.78 is 1.98. The summed E-state index contributed by atoms with van der Waals surface area (Å²) in [6, 6.07) is 1.86. The van der Waals surface area contributed by atoms with E-state index in [1.165, 1.54) is 6.33 Å². The second kappa shape index (κ2) is 4.28. The molecule has 3 rings (SSSR count). The number of anilines is 1. The van der Waals surface area contributed by atoms with Crippen molar-refractivity contribution in [1.29, 1.82) is 0 Å². The molecule has 0 unspecified atom stereocenters. The fraction of sp³-hybridized carbons (Fsp3) is 0.545. The fourth-order valence-electron chi connectivity index (χ4n) is 2.21. The summed E-state index contributed by atoms with van der Waals surface area (Å²) in [6.45, 7) is 6.46. The summed E-state index contributed by atoms with van der Waals surface area (Å²) in [7, 11) is 0. The average molecular weight is 284 g/mol. The van der Waals surface area contributed by atoms with Crippen LogP contribution in [0.15, 0.2) is 12.4 Å². The highest BCUT2D eigenvalue weighted by Gasteiger charge is 2.28. The molecule has 18 heavy (non-hydrogen) atoms. The molecule has 0 bridgehead atoms. The molecule has 1 fully saturated rings. The van der Waals surface area contributed by atoms with Gasteiger partial charge in [0.1, 0.15) is 17.3 Å². The smallest absolute Gasteiger partial charge is 0.255 e. The molecule has 0 spiro atoms. The van der Waals surface area contributed by atoms with Gasteiger partial charge in [0.2, 0.25) is 0 Å². The molecule has 1 aliphatic rings. The van der Waals surface area contributed by atoms with Gasteiger partial charge in [-0.2, -0.15) is 31.3 Å². The number of hydrogen-bond donors (Lipinski definition) is 0. The third-order valence-corrected chi connectivity index (χ3v) is 4.44. The van der Waals surface area contributed by atoms with Crippen LogP contribution in [0.4, 0.5) is 5.82 Å². The first-order chi connectivity index (χ1) is 8.55. The second-order valence-corrected chi connectivity index (χ2v) is 7.13. The molecule has 1 aliphatic heterocycles. The maximum Gasteiger partial charge on any atom is 0.255 e. The van der Waals surface area contributed by atoms with Crippen LogP contribution in [0.2, 0.25) is 5.15 Å². The Morgan fingerprint density at radius 2 is 2.28 bits per heavy atom. The van der Waals surface area contributed by atoms with Crippen LogP contribution in [-0.4, -0.2) is 43.2 Å². The number of aromatic nitrogens is 4. The van der Waals surface area contributed by atoms with Crippen molar-refractivity contribution in [2.75, 3.05) is 23.7 Å². The molecule has 5 nitrogen and oxygen atoms in total. The van der Waals surface area contributed by atoms with Crippen molar-refractivity contribution >= 4 is 35.0 Å². The van der Waals surface area contributed by atoms with Crippen LogP contribution in [0.5, 0.6) is 0 Å². The highest BCUT2D eigenvalue weighted by Crippen LogP contribution is 2.32. The van der Waals surface area contributed by atoms with Crippen molar-refractivity contribution in [3.63, 3.8) is 0 Å². The minimum atomic E-state index is 0.237. The van der Waals surface area contributed by atoms with E-state index < -0.39 is 0 Å². The third kappa shape index (κ3) is 2.14. The van der Waals surface area contributed by atoms with Crippen molar-refractivity contribution < 1.29 is 0 Å². The Labute approximate surface area is 115 Å². The van der Waals surface area contributed by atoms with Gasteiger partial charge in [-0.3, -0.25) is 0 Å². The predicted molar refractivity (Wildman–Crippen MR) is 74.5 cm³/mol. The zero-order valence-electron chi connectivity index (χ0n) is 10.3. The molecule has 7 heteroatoms. The molecule has 96 valence electrons. The van der Waals surface area contributed by atoms with Crippen LogP contribution in [0.3, 0.4) is 0 Å². The van der Waals surface area contributed by atoms with Gasteiger partial charge in [-0.15, -0.1) is 0 Å². The van der Waals surface area contributed by atoms with Crippen molar-refractivity contribution in [3.05, 3.63) is 17.5 Å². The summed E-state index contributed by atoms with van der Waals surface area (Å²) >= 11 is 8.04. The topological polar surface area (TPSA) is 46.3 Å². The first-order valence-corrected chi connectivity index (χ1v) is 7.17. The first kappa shape index (κ1) is 12.0. The van der Waals surface area contributed by atoms with Crippen LogP contribution in [-0.2, 0) is 0 Å². The normalized spacial score (nSPS) is 19.4. The highest BCUT2D eigenvalue weighted by atomic mass is 35.5. The molecule has 0 aromatic carbocycles. The molecule has 2 aromatic heterocycles. The van der Waals surface area contributed by atoms with Gasteiger partial charge in [0.05, 0.1) is 0 Å². The molecule has 0 saturated carbocycles. The molecule has 1 saturated heterocycles. The lowest BCUT2D eigenvalue weighted by Crippen LogP contribution is -2.44. The SMILES string of the molecule is CC1(C)CN(c2cc(Cl)nc3ncnn23)CCS1. The summed E-state index contributed by atoms with van der Waals surface area (Å²) in [5.74, 6) is 2.62. The standard InChI is InChI=1S/C11H14ClN5S/c1-11(2)6-16(3-4-18-11)9-5-8(12)15-10-13-7-14-17(9)10/h5,7H,3-4,6H2,1-2H3. The van der Waals surface area contributed by atoms with E-state index in [9.17, 15) is 0 Å². The molecule has 0 radical (unpaired) electrons. The highest BCUT2D eigenvalue weighted by molar-refractivity contribution is 8.00. The lowest BCUT2D eigenvalue weighted by atomic mass is 10.2. The Kier molecular flexibility index (Phi) is 2.86. The lowest BCUT2D eigenvalue weighted by Gasteiger charge is -2.38. The molecule has 0 N–H and O–H groups in total. The summed E-state index contributed by atoms with van der Waals surface area (Å²) in [6.07, 6.45) is 1.51. The summed E-state index contributed by atoms with van der Waals surface area (Å²) in [5.41, 5.74) is 0. The van der Waals surface area contributed by atoms with Gasteiger partial charge >= 0.3 is 0 Å². The Morgan fingerprint density at radius 1 is 1.44 bits per heavy atom. The summed E-state index contributed by atoms with van der Waals surface area (Å²) in [5, 5.41) is 4.68. The molecule has 3 heterocycles. The Balaban J connectivity index is 2.05. The Bertz CT molecular complexity index is 582. The molecule has 2 aromatic rings. The van der Waals surface area contributed by atoms with E-state index in [2.05, 4.69) is 33.8 Å². The summed E-state index contributed by atoms with van der Waals surface area (Å²) in [4.78, 5) is 10.5. The number of nitrogens with zero attached hydrogens (tertiary/aromatic N) is 5. The van der Waals surface area contributed by atoms with Gasteiger partial charge in [0.25, 0.3) is 5.78 Å². The van der Waals surface area contributed by atoms with Gasteiger partial charge in [-0.1, -0.05) is 11.6 Å². The van der Waals surface area contributed by atoms with Gasteiger partial charge in [0.15, 0.2) is 0 Å². The van der Waals surface area contributed by atoms with E-state index in [4.69, 9.17) is 11.6 Å². The van der Waals surface area contributed by atoms with Crippen LogP contribution in [0.1, 0.15) is 13.8 Å². The van der Waals surface area contributed by atoms with Gasteiger partial charge in [0, 0.05) is 29.7 Å². The van der Waals surface area contributed by atoms with E-state index in [1.807, 2.05) is 17.8 Å². The number of thioether (sulfide) groups is 1. The average Bonchev–Trinajstić information content (AvgIpc) is 2.74. The third-order valence-electron chi connectivity index (χ3n) is 2.95. The van der Waals surface area contributed by atoms with Gasteiger partial charge in [-0.25, -0.2) is 0 Å². The first-order valence-electron chi connectivity index (χ1n) is 5.80. The predicted octanol–water partition coefficient (Wildman–Crippen LogP) is 2.11. The van der Waals surface area contributed by atoms with Crippen LogP contribution >= 0.6 is 23.4 Å². The van der Waals surface area contributed by atoms with Crippen LogP contribution in [0.25, 0.3) is 5.78 Å². The number of rotatable bonds is 1. The van der Waals surface area contributed by atoms with E-state index in [0.717, 1.165) is 24.7 Å². The Morgan fingerprint density at radius 3 is 3.06 bits per heavy atom. The van der Waals surface area contributed by atoms with Crippen LogP contribution in [0, 0.1) is 0 Å². The quantitative estimate of drug-likeness (QED) is 0.750. The lowest BCUT2D eigenvalue weighted by molar-refractivity contribution is 0.634. The molecular weight excluding hydrogens is 270 g/mol. The van der Waals surface area contributed by atoms with Crippen molar-refractivity contribution in [2.45, 2.75) is 18.6 Å². The van der Waals surface area contributed by atoms with E-state index in [0.29, 0.717) is 10.9 Å². The number of hydrogen-bond acceptors (Lipinski definition) is 5. The maximum absolute atomic E-state index is 6.05. The number of halogens is 1. The van der Waals surface area contributed by atoms with Gasteiger partial charge < -0.3 is 4.90 Å². The minimum Gasteiger partial charge on any atom is -0.354 e. The number of fused-ring (bicyclic) bond motifs is 1. The van der Waals surface area contributed by atoms with Gasteiger partial charge in [-0.05, 0) is 13.8 Å². The second-order valence-electron chi connectivity index (χ2n) is 4.94. The molecule has 0 aliphatic carbocycles. The monoisotopic (exact) mass is 283 g/mol. The molecule has 0 atom stereocenters.